The van der Waals surface area contributed by atoms with Gasteiger partial charge >= 0.3 is 0 Å². The van der Waals surface area contributed by atoms with E-state index in [1.807, 2.05) is 13.8 Å². The van der Waals surface area contributed by atoms with Crippen LogP contribution in [0.1, 0.15) is 40.0 Å². The molecule has 16 heavy (non-hydrogen) atoms. The molecule has 0 bridgehead atoms. The Morgan fingerprint density at radius 1 is 1.25 bits per heavy atom. The highest BCUT2D eigenvalue weighted by molar-refractivity contribution is 5.82. The molecule has 0 atom stereocenters. The lowest BCUT2D eigenvalue weighted by Gasteiger charge is -2.22. The van der Waals surface area contributed by atoms with E-state index in [0.29, 0.717) is 13.0 Å². The molecule has 0 aromatic carbocycles. The highest BCUT2D eigenvalue weighted by Gasteiger charge is 2.25. The Bertz CT molecular complexity index is 247. The summed E-state index contributed by atoms with van der Waals surface area (Å²) < 4.78 is 0. The molecular weight excluding hydrogens is 204 g/mol. The molecule has 0 fully saturated rings. The van der Waals surface area contributed by atoms with Gasteiger partial charge in [-0.15, -0.1) is 0 Å². The number of amides is 2. The minimum absolute atomic E-state index is 0.0286. The molecule has 0 spiro atoms. The second-order valence-electron chi connectivity index (χ2n) is 4.93. The maximum atomic E-state index is 11.8. The maximum absolute atomic E-state index is 11.8. The fraction of sp³-hybridized carbons (Fsp3) is 0.833. The summed E-state index contributed by atoms with van der Waals surface area (Å²) in [5.41, 5.74) is -0.337. The van der Waals surface area contributed by atoms with E-state index < -0.39 is 0 Å². The van der Waals surface area contributed by atoms with Crippen LogP contribution in [0.2, 0.25) is 0 Å². The lowest BCUT2D eigenvalue weighted by molar-refractivity contribution is -0.130. The van der Waals surface area contributed by atoms with Crippen LogP contribution in [-0.2, 0) is 9.59 Å². The molecule has 94 valence electrons. The smallest absolute Gasteiger partial charge is 0.225 e. The maximum Gasteiger partial charge on any atom is 0.225 e. The molecule has 0 aliphatic rings. The number of hydrogen-bond donors (Lipinski definition) is 1. The number of hydrogen-bond acceptors (Lipinski definition) is 2. The predicted molar refractivity (Wildman–Crippen MR) is 65.0 cm³/mol. The molecule has 0 aromatic rings. The van der Waals surface area contributed by atoms with Crippen LogP contribution in [0.3, 0.4) is 0 Å². The van der Waals surface area contributed by atoms with Gasteiger partial charge in [0.1, 0.15) is 0 Å². The zero-order valence-electron chi connectivity index (χ0n) is 11.1. The molecule has 0 saturated carbocycles. The van der Waals surface area contributed by atoms with E-state index in [-0.39, 0.29) is 17.2 Å². The molecule has 1 N–H and O–H groups in total. The van der Waals surface area contributed by atoms with Crippen LogP contribution in [-0.4, -0.2) is 37.4 Å². The third-order valence-corrected chi connectivity index (χ3v) is 2.61. The molecule has 4 nitrogen and oxygen atoms in total. The van der Waals surface area contributed by atoms with Crippen molar-refractivity contribution in [3.8, 4) is 0 Å². The number of rotatable bonds is 6. The van der Waals surface area contributed by atoms with E-state index in [1.54, 1.807) is 14.1 Å². The van der Waals surface area contributed by atoms with Crippen molar-refractivity contribution >= 4 is 11.8 Å². The van der Waals surface area contributed by atoms with Crippen LogP contribution in [0.25, 0.3) is 0 Å². The molecule has 4 heteroatoms. The Labute approximate surface area is 98.4 Å². The first-order valence-corrected chi connectivity index (χ1v) is 5.79. The molecule has 0 aromatic heterocycles. The van der Waals surface area contributed by atoms with E-state index in [4.69, 9.17) is 0 Å². The standard InChI is InChI=1S/C12H24N2O2/c1-6-8-12(2,3)11(16)13-9-7-10(15)14(4)5/h6-9H2,1-5H3,(H,13,16). The minimum atomic E-state index is -0.337. The van der Waals surface area contributed by atoms with Gasteiger partial charge in [0.05, 0.1) is 0 Å². The fourth-order valence-electron chi connectivity index (χ4n) is 1.48. The van der Waals surface area contributed by atoms with Gasteiger partial charge in [-0.05, 0) is 6.42 Å². The molecule has 0 saturated heterocycles. The Kier molecular flexibility index (Phi) is 6.08. The number of carbonyl (C=O) groups excluding carboxylic acids is 2. The molecule has 0 aliphatic carbocycles. The largest absolute Gasteiger partial charge is 0.355 e. The van der Waals surface area contributed by atoms with Gasteiger partial charge < -0.3 is 10.2 Å². The zero-order valence-corrected chi connectivity index (χ0v) is 11.1. The summed E-state index contributed by atoms with van der Waals surface area (Å²) in [4.78, 5) is 24.6. The third-order valence-electron chi connectivity index (χ3n) is 2.61. The average molecular weight is 228 g/mol. The van der Waals surface area contributed by atoms with Crippen molar-refractivity contribution in [3.63, 3.8) is 0 Å². The minimum Gasteiger partial charge on any atom is -0.355 e. The van der Waals surface area contributed by atoms with Gasteiger partial charge in [0.25, 0.3) is 0 Å². The number of carbonyl (C=O) groups is 2. The van der Waals surface area contributed by atoms with Crippen LogP contribution in [0, 0.1) is 5.41 Å². The summed E-state index contributed by atoms with van der Waals surface area (Å²) in [7, 11) is 3.43. The second kappa shape index (κ2) is 6.51. The summed E-state index contributed by atoms with van der Waals surface area (Å²) in [5, 5.41) is 2.81. The quantitative estimate of drug-likeness (QED) is 0.747. The van der Waals surface area contributed by atoms with Crippen molar-refractivity contribution < 1.29 is 9.59 Å². The molecule has 0 unspecified atom stereocenters. The van der Waals surface area contributed by atoms with Gasteiger partial charge in [0, 0.05) is 32.5 Å². The molecule has 0 rings (SSSR count). The van der Waals surface area contributed by atoms with Gasteiger partial charge in [-0.2, -0.15) is 0 Å². The molecule has 0 aliphatic heterocycles. The van der Waals surface area contributed by atoms with Crippen molar-refractivity contribution in [2.75, 3.05) is 20.6 Å². The van der Waals surface area contributed by atoms with Gasteiger partial charge in [-0.3, -0.25) is 9.59 Å². The van der Waals surface area contributed by atoms with Crippen molar-refractivity contribution in [2.24, 2.45) is 5.41 Å². The fourth-order valence-corrected chi connectivity index (χ4v) is 1.48. The van der Waals surface area contributed by atoms with Gasteiger partial charge in [-0.25, -0.2) is 0 Å². The Morgan fingerprint density at radius 3 is 2.25 bits per heavy atom. The Morgan fingerprint density at radius 2 is 1.81 bits per heavy atom. The predicted octanol–water partition coefficient (Wildman–Crippen LogP) is 1.41. The van der Waals surface area contributed by atoms with Crippen LogP contribution in [0.15, 0.2) is 0 Å². The van der Waals surface area contributed by atoms with Crippen molar-refractivity contribution in [2.45, 2.75) is 40.0 Å². The van der Waals surface area contributed by atoms with Crippen molar-refractivity contribution in [1.29, 1.82) is 0 Å². The summed E-state index contributed by atoms with van der Waals surface area (Å²) in [6.07, 6.45) is 2.21. The molecule has 0 heterocycles. The molecule has 0 radical (unpaired) electrons. The lowest BCUT2D eigenvalue weighted by atomic mass is 9.87. The van der Waals surface area contributed by atoms with Gasteiger partial charge in [-0.1, -0.05) is 27.2 Å². The topological polar surface area (TPSA) is 49.4 Å². The lowest BCUT2D eigenvalue weighted by Crippen LogP contribution is -2.38. The van der Waals surface area contributed by atoms with E-state index >= 15 is 0 Å². The summed E-state index contributed by atoms with van der Waals surface area (Å²) in [6, 6.07) is 0. The number of nitrogens with zero attached hydrogens (tertiary/aromatic N) is 1. The first kappa shape index (κ1) is 14.9. The van der Waals surface area contributed by atoms with E-state index in [9.17, 15) is 9.59 Å². The van der Waals surface area contributed by atoms with Crippen LogP contribution in [0.4, 0.5) is 0 Å². The van der Waals surface area contributed by atoms with E-state index in [2.05, 4.69) is 12.2 Å². The second-order valence-corrected chi connectivity index (χ2v) is 4.93. The summed E-state index contributed by atoms with van der Waals surface area (Å²) in [6.45, 7) is 6.34. The first-order chi connectivity index (χ1) is 7.31. The number of nitrogens with one attached hydrogen (secondary N) is 1. The third kappa shape index (κ3) is 5.14. The van der Waals surface area contributed by atoms with Crippen molar-refractivity contribution in [1.82, 2.24) is 10.2 Å². The van der Waals surface area contributed by atoms with E-state index in [0.717, 1.165) is 12.8 Å². The van der Waals surface area contributed by atoms with E-state index in [1.165, 1.54) is 4.90 Å². The first-order valence-electron chi connectivity index (χ1n) is 5.79. The van der Waals surface area contributed by atoms with Crippen LogP contribution in [0.5, 0.6) is 0 Å². The monoisotopic (exact) mass is 228 g/mol. The Balaban J connectivity index is 3.94. The highest BCUT2D eigenvalue weighted by Crippen LogP contribution is 2.21. The van der Waals surface area contributed by atoms with Crippen molar-refractivity contribution in [3.05, 3.63) is 0 Å². The normalized spacial score (nSPS) is 11.1. The van der Waals surface area contributed by atoms with Gasteiger partial charge in [0.15, 0.2) is 0 Å². The Hall–Kier alpha value is -1.06. The summed E-state index contributed by atoms with van der Waals surface area (Å²) >= 11 is 0. The highest BCUT2D eigenvalue weighted by atomic mass is 16.2. The molecule has 2 amide bonds. The molecular formula is C12H24N2O2. The SMILES string of the molecule is CCCC(C)(C)C(=O)NCCC(=O)N(C)C. The van der Waals surface area contributed by atoms with Gasteiger partial charge in [0.2, 0.25) is 11.8 Å². The van der Waals surface area contributed by atoms with Crippen LogP contribution < -0.4 is 5.32 Å². The van der Waals surface area contributed by atoms with Crippen LogP contribution >= 0.6 is 0 Å². The zero-order chi connectivity index (χ0) is 12.8. The summed E-state index contributed by atoms with van der Waals surface area (Å²) in [5.74, 6) is 0.0644. The average Bonchev–Trinajstić information content (AvgIpc) is 2.16.